The zero-order chi connectivity index (χ0) is 14.5. The van der Waals surface area contributed by atoms with Gasteiger partial charge in [0.05, 0.1) is 0 Å². The molecule has 0 bridgehead atoms. The lowest BCUT2D eigenvalue weighted by Gasteiger charge is -2.10. The molecule has 108 valence electrons. The normalized spacial score (nSPS) is 12.8. The van der Waals surface area contributed by atoms with Gasteiger partial charge in [-0.15, -0.1) is 0 Å². The third-order valence-electron chi connectivity index (χ3n) is 3.00. The van der Waals surface area contributed by atoms with Crippen LogP contribution in [0, 0.1) is 5.92 Å². The molecule has 0 amide bonds. The summed E-state index contributed by atoms with van der Waals surface area (Å²) in [5, 5.41) is 4.01. The second-order valence-corrected chi connectivity index (χ2v) is 6.42. The molecule has 1 aromatic carbocycles. The number of nitrogens with zero attached hydrogens (tertiary/aromatic N) is 2. The second-order valence-electron chi connectivity index (χ2n) is 5.50. The average Bonchev–Trinajstić information content (AvgIpc) is 2.78. The molecule has 2 N–H and O–H groups in total. The van der Waals surface area contributed by atoms with Crippen molar-refractivity contribution in [3.05, 3.63) is 46.0 Å². The quantitative estimate of drug-likeness (QED) is 0.877. The van der Waals surface area contributed by atoms with Gasteiger partial charge in [0.15, 0.2) is 5.82 Å². The molecule has 0 aliphatic carbocycles. The first kappa shape index (κ1) is 15.2. The molecule has 1 atom stereocenters. The summed E-state index contributed by atoms with van der Waals surface area (Å²) < 4.78 is 6.33. The number of rotatable bonds is 6. The summed E-state index contributed by atoms with van der Waals surface area (Å²) >= 11 is 3.42. The minimum atomic E-state index is 0.0796. The van der Waals surface area contributed by atoms with E-state index in [4.69, 9.17) is 10.3 Å². The first-order valence-electron chi connectivity index (χ1n) is 6.84. The van der Waals surface area contributed by atoms with Crippen molar-refractivity contribution in [3.8, 4) is 0 Å². The summed E-state index contributed by atoms with van der Waals surface area (Å²) in [5.41, 5.74) is 7.21. The molecule has 0 saturated heterocycles. The number of halogens is 1. The first-order chi connectivity index (χ1) is 9.52. The third-order valence-corrected chi connectivity index (χ3v) is 3.53. The van der Waals surface area contributed by atoms with Crippen molar-refractivity contribution in [2.24, 2.45) is 11.7 Å². The highest BCUT2D eigenvalue weighted by Crippen LogP contribution is 2.14. The molecule has 4 nitrogen and oxygen atoms in total. The van der Waals surface area contributed by atoms with E-state index in [9.17, 15) is 0 Å². The molecule has 0 spiro atoms. The van der Waals surface area contributed by atoms with Crippen LogP contribution in [0.25, 0.3) is 0 Å². The standard InChI is InChI=1S/C15H20BrN3O/c1-10(2)7-13(17)9-15-18-14(19-20-15)8-11-3-5-12(16)6-4-11/h3-6,10,13H,7-9,17H2,1-2H3. The summed E-state index contributed by atoms with van der Waals surface area (Å²) in [5.74, 6) is 1.92. The van der Waals surface area contributed by atoms with Crippen molar-refractivity contribution < 1.29 is 4.52 Å². The van der Waals surface area contributed by atoms with Crippen molar-refractivity contribution >= 4 is 15.9 Å². The predicted octanol–water partition coefficient (Wildman–Crippen LogP) is 3.34. The van der Waals surface area contributed by atoms with E-state index in [1.54, 1.807) is 0 Å². The molecule has 5 heteroatoms. The van der Waals surface area contributed by atoms with Crippen LogP contribution in [0.4, 0.5) is 0 Å². The van der Waals surface area contributed by atoms with E-state index in [0.717, 1.165) is 16.5 Å². The molecule has 1 aromatic heterocycles. The molecule has 0 radical (unpaired) electrons. The topological polar surface area (TPSA) is 64.9 Å². The highest BCUT2D eigenvalue weighted by atomic mass is 79.9. The number of aromatic nitrogens is 2. The Morgan fingerprint density at radius 3 is 2.60 bits per heavy atom. The van der Waals surface area contributed by atoms with E-state index in [1.807, 2.05) is 24.3 Å². The maximum atomic E-state index is 6.05. The molecule has 0 aliphatic rings. The predicted molar refractivity (Wildman–Crippen MR) is 82.4 cm³/mol. The van der Waals surface area contributed by atoms with Crippen molar-refractivity contribution in [1.29, 1.82) is 0 Å². The minimum Gasteiger partial charge on any atom is -0.339 e. The average molecular weight is 338 g/mol. The molecule has 0 aliphatic heterocycles. The van der Waals surface area contributed by atoms with E-state index in [0.29, 0.717) is 30.5 Å². The number of hydrogen-bond donors (Lipinski definition) is 1. The summed E-state index contributed by atoms with van der Waals surface area (Å²) in [7, 11) is 0. The number of benzene rings is 1. The zero-order valence-corrected chi connectivity index (χ0v) is 13.4. The molecule has 0 fully saturated rings. The Balaban J connectivity index is 1.93. The Kier molecular flexibility index (Phi) is 5.31. The Morgan fingerprint density at radius 2 is 1.95 bits per heavy atom. The molecule has 20 heavy (non-hydrogen) atoms. The van der Waals surface area contributed by atoms with E-state index in [2.05, 4.69) is 39.9 Å². The van der Waals surface area contributed by atoms with Crippen molar-refractivity contribution in [2.45, 2.75) is 39.2 Å². The third kappa shape index (κ3) is 4.72. The van der Waals surface area contributed by atoms with Crippen LogP contribution in [0.1, 0.15) is 37.5 Å². The summed E-state index contributed by atoms with van der Waals surface area (Å²) in [6, 6.07) is 8.19. The molecule has 1 unspecified atom stereocenters. The van der Waals surface area contributed by atoms with Gasteiger partial charge >= 0.3 is 0 Å². The molecule has 1 heterocycles. The van der Waals surface area contributed by atoms with Crippen LogP contribution in [0.2, 0.25) is 0 Å². The van der Waals surface area contributed by atoms with E-state index in [-0.39, 0.29) is 6.04 Å². The van der Waals surface area contributed by atoms with Crippen LogP contribution in [0.3, 0.4) is 0 Å². The fourth-order valence-corrected chi connectivity index (χ4v) is 2.41. The lowest BCUT2D eigenvalue weighted by atomic mass is 10.0. The number of nitrogens with two attached hydrogens (primary N) is 1. The van der Waals surface area contributed by atoms with Crippen LogP contribution in [-0.2, 0) is 12.8 Å². The Hall–Kier alpha value is -1.20. The van der Waals surface area contributed by atoms with E-state index < -0.39 is 0 Å². The van der Waals surface area contributed by atoms with Gasteiger partial charge in [-0.3, -0.25) is 0 Å². The van der Waals surface area contributed by atoms with Crippen LogP contribution in [-0.4, -0.2) is 16.2 Å². The fourth-order valence-electron chi connectivity index (χ4n) is 2.14. The van der Waals surface area contributed by atoms with Gasteiger partial charge in [-0.1, -0.05) is 47.1 Å². The largest absolute Gasteiger partial charge is 0.339 e. The SMILES string of the molecule is CC(C)CC(N)Cc1nc(Cc2ccc(Br)cc2)no1. The molecule has 2 rings (SSSR count). The van der Waals surface area contributed by atoms with Gasteiger partial charge in [0.25, 0.3) is 0 Å². The first-order valence-corrected chi connectivity index (χ1v) is 7.63. The zero-order valence-electron chi connectivity index (χ0n) is 11.8. The molecule has 0 saturated carbocycles. The van der Waals surface area contributed by atoms with Gasteiger partial charge in [0.2, 0.25) is 5.89 Å². The fraction of sp³-hybridized carbons (Fsp3) is 0.467. The van der Waals surface area contributed by atoms with Gasteiger partial charge in [-0.05, 0) is 30.0 Å². The maximum absolute atomic E-state index is 6.05. The van der Waals surface area contributed by atoms with E-state index in [1.165, 1.54) is 0 Å². The molecular weight excluding hydrogens is 318 g/mol. The second kappa shape index (κ2) is 6.99. The monoisotopic (exact) mass is 337 g/mol. The maximum Gasteiger partial charge on any atom is 0.228 e. The minimum absolute atomic E-state index is 0.0796. The molecule has 2 aromatic rings. The van der Waals surface area contributed by atoms with Crippen LogP contribution in [0.15, 0.2) is 33.3 Å². The van der Waals surface area contributed by atoms with Gasteiger partial charge in [-0.2, -0.15) is 4.98 Å². The van der Waals surface area contributed by atoms with Crippen LogP contribution in [0.5, 0.6) is 0 Å². The van der Waals surface area contributed by atoms with Gasteiger partial charge in [-0.25, -0.2) is 0 Å². The van der Waals surface area contributed by atoms with Crippen LogP contribution >= 0.6 is 15.9 Å². The lowest BCUT2D eigenvalue weighted by Crippen LogP contribution is -2.24. The van der Waals surface area contributed by atoms with Crippen molar-refractivity contribution in [2.75, 3.05) is 0 Å². The Labute approximate surface area is 127 Å². The van der Waals surface area contributed by atoms with Gasteiger partial charge in [0, 0.05) is 23.4 Å². The molecular formula is C15H20BrN3O. The lowest BCUT2D eigenvalue weighted by molar-refractivity contribution is 0.355. The summed E-state index contributed by atoms with van der Waals surface area (Å²) in [6.07, 6.45) is 2.28. The van der Waals surface area contributed by atoms with Crippen molar-refractivity contribution in [1.82, 2.24) is 10.1 Å². The number of hydrogen-bond acceptors (Lipinski definition) is 4. The van der Waals surface area contributed by atoms with Crippen LogP contribution < -0.4 is 5.73 Å². The highest BCUT2D eigenvalue weighted by Gasteiger charge is 2.12. The Morgan fingerprint density at radius 1 is 1.25 bits per heavy atom. The summed E-state index contributed by atoms with van der Waals surface area (Å²) in [4.78, 5) is 4.41. The highest BCUT2D eigenvalue weighted by molar-refractivity contribution is 9.10. The van der Waals surface area contributed by atoms with Gasteiger partial charge < -0.3 is 10.3 Å². The smallest absolute Gasteiger partial charge is 0.228 e. The van der Waals surface area contributed by atoms with Gasteiger partial charge in [0.1, 0.15) is 0 Å². The van der Waals surface area contributed by atoms with E-state index >= 15 is 0 Å². The Bertz CT molecular complexity index is 536. The summed E-state index contributed by atoms with van der Waals surface area (Å²) in [6.45, 7) is 4.32. The van der Waals surface area contributed by atoms with Crippen molar-refractivity contribution in [3.63, 3.8) is 0 Å².